The molecule has 1 atom stereocenters. The van der Waals surface area contributed by atoms with Gasteiger partial charge in [0.05, 0.1) is 24.5 Å². The molecule has 0 spiro atoms. The molecule has 2 aromatic rings. The molecule has 144 valence electrons. The Morgan fingerprint density at radius 3 is 2.89 bits per heavy atom. The maximum absolute atomic E-state index is 11.5. The topological polar surface area (TPSA) is 53.4 Å². The van der Waals surface area contributed by atoms with E-state index >= 15 is 0 Å². The molecule has 6 nitrogen and oxygen atoms in total. The van der Waals surface area contributed by atoms with Gasteiger partial charge >= 0.3 is 0 Å². The number of likely N-dealkylation sites (tertiary alicyclic amines) is 1. The van der Waals surface area contributed by atoms with E-state index in [1.54, 1.807) is 0 Å². The van der Waals surface area contributed by atoms with E-state index in [9.17, 15) is 4.79 Å². The van der Waals surface area contributed by atoms with Gasteiger partial charge in [-0.3, -0.25) is 19.3 Å². The van der Waals surface area contributed by atoms with Crippen LogP contribution in [0.1, 0.15) is 36.7 Å². The Labute approximate surface area is 161 Å². The average Bonchev–Trinajstić information content (AvgIpc) is 3.32. The van der Waals surface area contributed by atoms with Gasteiger partial charge in [0, 0.05) is 45.2 Å². The number of amides is 1. The molecule has 2 aliphatic heterocycles. The lowest BCUT2D eigenvalue weighted by Crippen LogP contribution is -2.42. The summed E-state index contributed by atoms with van der Waals surface area (Å²) in [7, 11) is 0. The average molecular weight is 367 g/mol. The number of carbonyl (C=O) groups is 1. The smallest absolute Gasteiger partial charge is 0.220 e. The van der Waals surface area contributed by atoms with Gasteiger partial charge in [-0.15, -0.1) is 0 Å². The van der Waals surface area contributed by atoms with E-state index in [2.05, 4.69) is 61.3 Å². The first-order chi connectivity index (χ1) is 13.2. The van der Waals surface area contributed by atoms with Gasteiger partial charge in [0.25, 0.3) is 0 Å². The first-order valence-corrected chi connectivity index (χ1v) is 10.0. The second-order valence-corrected chi connectivity index (χ2v) is 7.61. The molecule has 1 fully saturated rings. The molecule has 6 heteroatoms. The van der Waals surface area contributed by atoms with Crippen molar-refractivity contribution >= 4 is 5.91 Å². The third-order valence-electron chi connectivity index (χ3n) is 5.68. The van der Waals surface area contributed by atoms with Crippen LogP contribution in [0, 0.1) is 0 Å². The molecule has 0 radical (unpaired) electrons. The standard InChI is InChI=1S/C21H29N5O/c1-2-21(27)22-13-18-12-20-16-25(10-11-26(20)23-18)19-8-9-24(15-19)14-17-6-4-3-5-7-17/h3-7,12,19H,2,8-11,13-16H2,1H3,(H,22,27). The van der Waals surface area contributed by atoms with E-state index in [4.69, 9.17) is 0 Å². The minimum absolute atomic E-state index is 0.0760. The van der Waals surface area contributed by atoms with Crippen LogP contribution in [0.15, 0.2) is 36.4 Å². The molecule has 2 aliphatic rings. The minimum Gasteiger partial charge on any atom is -0.350 e. The predicted molar refractivity (Wildman–Crippen MR) is 105 cm³/mol. The van der Waals surface area contributed by atoms with Crippen LogP contribution >= 0.6 is 0 Å². The molecule has 1 amide bonds. The van der Waals surface area contributed by atoms with E-state index < -0.39 is 0 Å². The van der Waals surface area contributed by atoms with Crippen LogP contribution in [0.2, 0.25) is 0 Å². The summed E-state index contributed by atoms with van der Waals surface area (Å²) < 4.78 is 2.11. The molecule has 1 N–H and O–H groups in total. The number of aromatic nitrogens is 2. The lowest BCUT2D eigenvalue weighted by atomic mass is 10.2. The largest absolute Gasteiger partial charge is 0.350 e. The summed E-state index contributed by atoms with van der Waals surface area (Å²) in [6.45, 7) is 8.70. The zero-order valence-corrected chi connectivity index (χ0v) is 16.1. The van der Waals surface area contributed by atoms with Crippen molar-refractivity contribution in [3.63, 3.8) is 0 Å². The van der Waals surface area contributed by atoms with Crippen LogP contribution in [-0.2, 0) is 31.0 Å². The van der Waals surface area contributed by atoms with Gasteiger partial charge in [-0.05, 0) is 18.1 Å². The van der Waals surface area contributed by atoms with Crippen LogP contribution < -0.4 is 5.32 Å². The highest BCUT2D eigenvalue weighted by Crippen LogP contribution is 2.23. The molecule has 0 saturated carbocycles. The van der Waals surface area contributed by atoms with Gasteiger partial charge in [-0.1, -0.05) is 37.3 Å². The van der Waals surface area contributed by atoms with Crippen LogP contribution in [-0.4, -0.2) is 51.2 Å². The van der Waals surface area contributed by atoms with Crippen LogP contribution in [0.3, 0.4) is 0 Å². The van der Waals surface area contributed by atoms with Gasteiger partial charge in [0.2, 0.25) is 5.91 Å². The van der Waals surface area contributed by atoms with Gasteiger partial charge < -0.3 is 5.32 Å². The number of benzene rings is 1. The second-order valence-electron chi connectivity index (χ2n) is 7.61. The quantitative estimate of drug-likeness (QED) is 0.849. The number of fused-ring (bicyclic) bond motifs is 1. The molecule has 0 aliphatic carbocycles. The zero-order valence-electron chi connectivity index (χ0n) is 16.1. The van der Waals surface area contributed by atoms with Gasteiger partial charge in [-0.2, -0.15) is 5.10 Å². The van der Waals surface area contributed by atoms with E-state index in [1.807, 2.05) is 6.92 Å². The summed E-state index contributed by atoms with van der Waals surface area (Å²) in [5, 5.41) is 7.57. The van der Waals surface area contributed by atoms with E-state index in [0.29, 0.717) is 19.0 Å². The fraction of sp³-hybridized carbons (Fsp3) is 0.524. The van der Waals surface area contributed by atoms with Crippen molar-refractivity contribution in [1.82, 2.24) is 24.9 Å². The summed E-state index contributed by atoms with van der Waals surface area (Å²) in [6, 6.07) is 13.5. The second kappa shape index (κ2) is 8.23. The molecule has 27 heavy (non-hydrogen) atoms. The summed E-state index contributed by atoms with van der Waals surface area (Å²) in [5.41, 5.74) is 3.63. The maximum atomic E-state index is 11.5. The molecule has 0 bridgehead atoms. The number of nitrogens with zero attached hydrogens (tertiary/aromatic N) is 4. The number of rotatable bonds is 6. The summed E-state index contributed by atoms with van der Waals surface area (Å²) >= 11 is 0. The summed E-state index contributed by atoms with van der Waals surface area (Å²) in [5.74, 6) is 0.0760. The molecule has 1 aromatic carbocycles. The van der Waals surface area contributed by atoms with Crippen LogP contribution in [0.25, 0.3) is 0 Å². The molecule has 1 unspecified atom stereocenters. The Morgan fingerprint density at radius 1 is 1.22 bits per heavy atom. The monoisotopic (exact) mass is 367 g/mol. The Morgan fingerprint density at radius 2 is 2.07 bits per heavy atom. The number of carbonyl (C=O) groups excluding carboxylic acids is 1. The normalized spacial score (nSPS) is 20.6. The highest BCUT2D eigenvalue weighted by Gasteiger charge is 2.30. The van der Waals surface area contributed by atoms with Crippen LogP contribution in [0.5, 0.6) is 0 Å². The highest BCUT2D eigenvalue weighted by atomic mass is 16.1. The van der Waals surface area contributed by atoms with Crippen molar-refractivity contribution in [2.24, 2.45) is 0 Å². The maximum Gasteiger partial charge on any atom is 0.220 e. The highest BCUT2D eigenvalue weighted by molar-refractivity contribution is 5.75. The molecular weight excluding hydrogens is 338 g/mol. The van der Waals surface area contributed by atoms with Crippen molar-refractivity contribution in [2.75, 3.05) is 19.6 Å². The molecule has 1 aromatic heterocycles. The molecular formula is C21H29N5O. The van der Waals surface area contributed by atoms with Gasteiger partial charge in [0.1, 0.15) is 0 Å². The summed E-state index contributed by atoms with van der Waals surface area (Å²) in [4.78, 5) is 16.6. The van der Waals surface area contributed by atoms with E-state index in [0.717, 1.165) is 38.4 Å². The van der Waals surface area contributed by atoms with Gasteiger partial charge in [0.15, 0.2) is 0 Å². The molecule has 3 heterocycles. The van der Waals surface area contributed by atoms with E-state index in [-0.39, 0.29) is 5.91 Å². The first-order valence-electron chi connectivity index (χ1n) is 10.0. The minimum atomic E-state index is 0.0760. The van der Waals surface area contributed by atoms with Crippen LogP contribution in [0.4, 0.5) is 0 Å². The zero-order chi connectivity index (χ0) is 18.6. The third kappa shape index (κ3) is 4.39. The first kappa shape index (κ1) is 18.2. The molecule has 1 saturated heterocycles. The number of hydrogen-bond donors (Lipinski definition) is 1. The van der Waals surface area contributed by atoms with Crippen molar-refractivity contribution in [3.8, 4) is 0 Å². The Bertz CT molecular complexity index is 772. The lowest BCUT2D eigenvalue weighted by Gasteiger charge is -2.32. The third-order valence-corrected chi connectivity index (χ3v) is 5.68. The fourth-order valence-corrected chi connectivity index (χ4v) is 4.15. The predicted octanol–water partition coefficient (Wildman–Crippen LogP) is 2.00. The SMILES string of the molecule is CCC(=O)NCc1cc2n(n1)CCN(C1CCN(Cc3ccccc3)C1)C2. The molecule has 4 rings (SSSR count). The fourth-order valence-electron chi connectivity index (χ4n) is 4.15. The van der Waals surface area contributed by atoms with Gasteiger partial charge in [-0.25, -0.2) is 0 Å². The number of nitrogens with one attached hydrogen (secondary N) is 1. The summed E-state index contributed by atoms with van der Waals surface area (Å²) in [6.07, 6.45) is 1.75. The van der Waals surface area contributed by atoms with Crippen molar-refractivity contribution < 1.29 is 4.79 Å². The van der Waals surface area contributed by atoms with Crippen molar-refractivity contribution in [1.29, 1.82) is 0 Å². The van der Waals surface area contributed by atoms with Crippen molar-refractivity contribution in [3.05, 3.63) is 53.3 Å². The van der Waals surface area contributed by atoms with Crippen molar-refractivity contribution in [2.45, 2.75) is 52.0 Å². The van der Waals surface area contributed by atoms with E-state index in [1.165, 1.54) is 24.2 Å². The Hall–Kier alpha value is -2.18. The number of hydrogen-bond acceptors (Lipinski definition) is 4. The lowest BCUT2D eigenvalue weighted by molar-refractivity contribution is -0.120. The Balaban J connectivity index is 1.32. The Kier molecular flexibility index (Phi) is 5.55.